The van der Waals surface area contributed by atoms with Crippen LogP contribution in [0.5, 0.6) is 17.2 Å². The van der Waals surface area contributed by atoms with Crippen LogP contribution < -0.4 is 9.47 Å². The Morgan fingerprint density at radius 3 is 2.33 bits per heavy atom. The van der Waals surface area contributed by atoms with E-state index in [-0.39, 0.29) is 39.2 Å². The number of carbonyl (C=O) groups is 2. The van der Waals surface area contributed by atoms with E-state index in [1.807, 2.05) is 0 Å². The maximum absolute atomic E-state index is 13.1. The number of aliphatic hydroxyl groups excluding tert-OH is 1. The molecule has 1 atom stereocenters. The van der Waals surface area contributed by atoms with E-state index < -0.39 is 23.5 Å². The lowest BCUT2D eigenvalue weighted by Crippen LogP contribution is -2.31. The molecule has 1 unspecified atom stereocenters. The lowest BCUT2D eigenvalue weighted by atomic mass is 9.94. The van der Waals surface area contributed by atoms with Crippen LogP contribution in [-0.4, -0.2) is 61.3 Å². The number of carbonyl (C=O) groups excluding carboxylic acids is 2. The molecule has 10 heteroatoms. The molecule has 33 heavy (non-hydrogen) atoms. The molecule has 2 aromatic rings. The van der Waals surface area contributed by atoms with Gasteiger partial charge in [0.05, 0.1) is 41.4 Å². The summed E-state index contributed by atoms with van der Waals surface area (Å²) in [4.78, 5) is 27.4. The number of likely N-dealkylation sites (tertiary alicyclic amines) is 1. The van der Waals surface area contributed by atoms with E-state index in [0.717, 1.165) is 0 Å². The number of aromatic hydroxyl groups is 1. The van der Waals surface area contributed by atoms with Crippen molar-refractivity contribution in [2.45, 2.75) is 12.5 Å². The van der Waals surface area contributed by atoms with Crippen LogP contribution in [-0.2, 0) is 14.3 Å². The summed E-state index contributed by atoms with van der Waals surface area (Å²) in [6.07, 6.45) is 0.462. The molecule has 8 nitrogen and oxygen atoms in total. The maximum atomic E-state index is 13.1. The minimum absolute atomic E-state index is 0.0417. The molecule has 0 saturated carbocycles. The number of hydrogen-bond acceptors (Lipinski definition) is 7. The second kappa shape index (κ2) is 10.3. The first-order valence-electron chi connectivity index (χ1n) is 9.92. The third kappa shape index (κ3) is 4.73. The topological polar surface area (TPSA) is 106 Å². The Morgan fingerprint density at radius 2 is 1.73 bits per heavy atom. The minimum Gasteiger partial charge on any atom is -0.507 e. The van der Waals surface area contributed by atoms with Gasteiger partial charge in [-0.05, 0) is 30.2 Å². The number of rotatable bonds is 8. The Hall–Kier alpha value is -2.94. The van der Waals surface area contributed by atoms with Gasteiger partial charge in [-0.15, -0.1) is 0 Å². The van der Waals surface area contributed by atoms with Gasteiger partial charge in [0, 0.05) is 26.3 Å². The van der Waals surface area contributed by atoms with Gasteiger partial charge in [0.1, 0.15) is 23.0 Å². The third-order valence-electron chi connectivity index (χ3n) is 5.30. The molecule has 0 spiro atoms. The van der Waals surface area contributed by atoms with Crippen molar-refractivity contribution in [3.05, 3.63) is 57.1 Å². The van der Waals surface area contributed by atoms with E-state index in [0.29, 0.717) is 24.3 Å². The van der Waals surface area contributed by atoms with Gasteiger partial charge in [-0.1, -0.05) is 29.3 Å². The van der Waals surface area contributed by atoms with Gasteiger partial charge >= 0.3 is 0 Å². The number of hydrogen-bond donors (Lipinski definition) is 2. The average Bonchev–Trinajstić information content (AvgIpc) is 3.05. The Balaban J connectivity index is 2.23. The average molecular weight is 496 g/mol. The quantitative estimate of drug-likeness (QED) is 0.245. The van der Waals surface area contributed by atoms with Crippen molar-refractivity contribution in [3.8, 4) is 17.2 Å². The molecule has 1 heterocycles. The molecule has 0 bridgehead atoms. The number of aliphatic hydroxyl groups is 1. The highest BCUT2D eigenvalue weighted by Gasteiger charge is 2.46. The Labute approximate surface area is 200 Å². The van der Waals surface area contributed by atoms with Gasteiger partial charge in [0.25, 0.3) is 11.7 Å². The molecule has 1 saturated heterocycles. The van der Waals surface area contributed by atoms with Gasteiger partial charge in [-0.3, -0.25) is 9.59 Å². The molecular weight excluding hydrogens is 473 g/mol. The van der Waals surface area contributed by atoms with Crippen molar-refractivity contribution in [1.82, 2.24) is 4.90 Å². The van der Waals surface area contributed by atoms with Crippen molar-refractivity contribution >= 4 is 40.7 Å². The summed E-state index contributed by atoms with van der Waals surface area (Å²) >= 11 is 12.3. The fourth-order valence-electron chi connectivity index (χ4n) is 3.72. The molecule has 2 N–H and O–H groups in total. The number of Topliss-reactive ketones (excluding diaryl/α,β-unsaturated/α-hetero) is 1. The first-order valence-corrected chi connectivity index (χ1v) is 10.7. The minimum atomic E-state index is -0.953. The molecule has 176 valence electrons. The molecule has 1 aliphatic heterocycles. The summed E-state index contributed by atoms with van der Waals surface area (Å²) in [6, 6.07) is 6.25. The van der Waals surface area contributed by atoms with Crippen LogP contribution >= 0.6 is 23.2 Å². The second-order valence-corrected chi connectivity index (χ2v) is 8.05. The fraction of sp³-hybridized carbons (Fsp3) is 0.304. The van der Waals surface area contributed by atoms with Crippen LogP contribution in [0, 0.1) is 0 Å². The number of phenols is 1. The van der Waals surface area contributed by atoms with Crippen LogP contribution in [0.3, 0.4) is 0 Å². The summed E-state index contributed by atoms with van der Waals surface area (Å²) in [5.41, 5.74) is 0.404. The van der Waals surface area contributed by atoms with Crippen LogP contribution in [0.2, 0.25) is 10.0 Å². The SMILES string of the molecule is COCCCN1C(=O)C(=O)/C(=C(/O)c2cc(Cl)c(OC)cc2OC)C1c1ccc(O)c(Cl)c1. The number of nitrogens with zero attached hydrogens (tertiary/aromatic N) is 1. The van der Waals surface area contributed by atoms with Gasteiger partial charge < -0.3 is 29.3 Å². The molecule has 1 aliphatic rings. The molecule has 0 radical (unpaired) electrons. The number of amides is 1. The highest BCUT2D eigenvalue weighted by Crippen LogP contribution is 2.44. The lowest BCUT2D eigenvalue weighted by molar-refractivity contribution is -0.140. The fourth-order valence-corrected chi connectivity index (χ4v) is 4.15. The van der Waals surface area contributed by atoms with Crippen LogP contribution in [0.15, 0.2) is 35.9 Å². The Kier molecular flexibility index (Phi) is 7.73. The van der Waals surface area contributed by atoms with Crippen molar-refractivity contribution in [1.29, 1.82) is 0 Å². The van der Waals surface area contributed by atoms with E-state index in [4.69, 9.17) is 37.4 Å². The van der Waals surface area contributed by atoms with Gasteiger partial charge in [-0.2, -0.15) is 0 Å². The second-order valence-electron chi connectivity index (χ2n) is 7.24. The maximum Gasteiger partial charge on any atom is 0.295 e. The first-order chi connectivity index (χ1) is 15.7. The number of phenolic OH excluding ortho intramolecular Hbond substituents is 1. The normalized spacial score (nSPS) is 17.5. The standard InChI is InChI=1S/C23H23Cl2NO7/c1-31-8-4-7-26-20(12-5-6-16(27)14(24)9-12)19(22(29)23(26)30)21(28)13-10-15(25)18(33-3)11-17(13)32-2/h5-6,9-11,20,27-28H,4,7-8H2,1-3H3/b21-19+. The zero-order chi connectivity index (χ0) is 24.3. The summed E-state index contributed by atoms with van der Waals surface area (Å²) in [5, 5.41) is 21.3. The number of ketones is 1. The van der Waals surface area contributed by atoms with Crippen LogP contribution in [0.25, 0.3) is 5.76 Å². The van der Waals surface area contributed by atoms with E-state index in [1.165, 1.54) is 56.6 Å². The van der Waals surface area contributed by atoms with Crippen molar-refractivity contribution in [2.75, 3.05) is 34.5 Å². The molecule has 3 rings (SSSR count). The van der Waals surface area contributed by atoms with Crippen molar-refractivity contribution < 1.29 is 34.0 Å². The summed E-state index contributed by atoms with van der Waals surface area (Å²) < 4.78 is 15.6. The van der Waals surface area contributed by atoms with Crippen molar-refractivity contribution in [2.24, 2.45) is 0 Å². The highest BCUT2D eigenvalue weighted by atomic mass is 35.5. The van der Waals surface area contributed by atoms with Gasteiger partial charge in [-0.25, -0.2) is 0 Å². The van der Waals surface area contributed by atoms with E-state index in [9.17, 15) is 19.8 Å². The smallest absolute Gasteiger partial charge is 0.295 e. The molecule has 1 amide bonds. The zero-order valence-electron chi connectivity index (χ0n) is 18.2. The first kappa shape index (κ1) is 24.7. The number of benzene rings is 2. The summed E-state index contributed by atoms with van der Waals surface area (Å²) in [5.74, 6) is -1.75. The van der Waals surface area contributed by atoms with E-state index in [2.05, 4.69) is 0 Å². The third-order valence-corrected chi connectivity index (χ3v) is 5.90. The monoisotopic (exact) mass is 495 g/mol. The molecule has 0 aliphatic carbocycles. The number of halogens is 2. The van der Waals surface area contributed by atoms with Crippen LogP contribution in [0.1, 0.15) is 23.6 Å². The van der Waals surface area contributed by atoms with Gasteiger partial charge in [0.15, 0.2) is 0 Å². The molecular formula is C23H23Cl2NO7. The van der Waals surface area contributed by atoms with Crippen LogP contribution in [0.4, 0.5) is 0 Å². The summed E-state index contributed by atoms with van der Waals surface area (Å²) in [6.45, 7) is 0.562. The largest absolute Gasteiger partial charge is 0.507 e. The van der Waals surface area contributed by atoms with Gasteiger partial charge in [0.2, 0.25) is 0 Å². The lowest BCUT2D eigenvalue weighted by Gasteiger charge is -2.25. The molecule has 2 aromatic carbocycles. The number of ether oxygens (including phenoxy) is 3. The van der Waals surface area contributed by atoms with E-state index in [1.54, 1.807) is 0 Å². The molecule has 0 aromatic heterocycles. The molecule has 1 fully saturated rings. The predicted octanol–water partition coefficient (Wildman–Crippen LogP) is 4.17. The zero-order valence-corrected chi connectivity index (χ0v) is 19.7. The Morgan fingerprint density at radius 1 is 1.03 bits per heavy atom. The Bertz CT molecular complexity index is 1120. The summed E-state index contributed by atoms with van der Waals surface area (Å²) in [7, 11) is 4.35. The predicted molar refractivity (Wildman–Crippen MR) is 123 cm³/mol. The highest BCUT2D eigenvalue weighted by molar-refractivity contribution is 6.46. The number of methoxy groups -OCH3 is 3. The van der Waals surface area contributed by atoms with Crippen molar-refractivity contribution in [3.63, 3.8) is 0 Å². The van der Waals surface area contributed by atoms with E-state index >= 15 is 0 Å².